The summed E-state index contributed by atoms with van der Waals surface area (Å²) in [6, 6.07) is 10.8. The predicted molar refractivity (Wildman–Crippen MR) is 111 cm³/mol. The van der Waals surface area contributed by atoms with Gasteiger partial charge in [0.1, 0.15) is 5.82 Å². The summed E-state index contributed by atoms with van der Waals surface area (Å²) in [5, 5.41) is 3.33. The molecule has 1 aromatic heterocycles. The third-order valence-electron chi connectivity index (χ3n) is 6.46. The molecule has 2 fully saturated rings. The minimum Gasteiger partial charge on any atom is -0.355 e. The maximum atomic E-state index is 13.0. The largest absolute Gasteiger partial charge is 0.355 e. The maximum absolute atomic E-state index is 13.0. The second kappa shape index (κ2) is 8.72. The third kappa shape index (κ3) is 4.18. The molecule has 1 aromatic carbocycles. The molecule has 1 saturated heterocycles. The summed E-state index contributed by atoms with van der Waals surface area (Å²) in [6.45, 7) is 2.41. The number of hydrogen-bond donors (Lipinski definition) is 1. The number of aromatic nitrogens is 2. The maximum Gasteiger partial charge on any atom is 0.224 e. The number of hydrogen-bond acceptors (Lipinski definition) is 4. The zero-order valence-corrected chi connectivity index (χ0v) is 16.5. The molecule has 4 rings (SSSR count). The lowest BCUT2D eigenvalue weighted by molar-refractivity contribution is -0.125. The van der Waals surface area contributed by atoms with Crippen LogP contribution in [0.2, 0.25) is 0 Å². The van der Waals surface area contributed by atoms with Crippen LogP contribution in [-0.4, -0.2) is 35.5 Å². The van der Waals surface area contributed by atoms with Gasteiger partial charge in [-0.15, -0.1) is 0 Å². The molecular weight excluding hydrogens is 348 g/mol. The highest BCUT2D eigenvalue weighted by Gasteiger charge is 2.35. The number of amides is 1. The van der Waals surface area contributed by atoms with Crippen LogP contribution >= 0.6 is 0 Å². The van der Waals surface area contributed by atoms with Crippen LogP contribution in [0.5, 0.6) is 0 Å². The van der Waals surface area contributed by atoms with E-state index < -0.39 is 0 Å². The Morgan fingerprint density at radius 3 is 2.68 bits per heavy atom. The van der Waals surface area contributed by atoms with Crippen molar-refractivity contribution < 1.29 is 4.79 Å². The minimum atomic E-state index is 0.0205. The van der Waals surface area contributed by atoms with E-state index in [1.165, 1.54) is 24.8 Å². The minimum absolute atomic E-state index is 0.0205. The van der Waals surface area contributed by atoms with Crippen molar-refractivity contribution >= 4 is 11.7 Å². The Kier molecular flexibility index (Phi) is 5.89. The van der Waals surface area contributed by atoms with Gasteiger partial charge >= 0.3 is 0 Å². The number of nitrogens with zero attached hydrogens (tertiary/aromatic N) is 3. The zero-order valence-electron chi connectivity index (χ0n) is 16.5. The molecule has 1 saturated carbocycles. The Bertz CT molecular complexity index is 759. The molecule has 1 unspecified atom stereocenters. The topological polar surface area (TPSA) is 58.1 Å². The van der Waals surface area contributed by atoms with E-state index in [4.69, 9.17) is 0 Å². The first-order chi connectivity index (χ1) is 13.8. The van der Waals surface area contributed by atoms with Crippen molar-refractivity contribution in [2.75, 3.05) is 24.5 Å². The van der Waals surface area contributed by atoms with Gasteiger partial charge in [-0.05, 0) is 31.2 Å². The molecule has 1 N–H and O–H groups in total. The number of anilines is 1. The van der Waals surface area contributed by atoms with Crippen molar-refractivity contribution in [2.45, 2.75) is 50.4 Å². The monoisotopic (exact) mass is 378 g/mol. The number of rotatable bonds is 5. The first-order valence-electron chi connectivity index (χ1n) is 10.6. The normalized spacial score (nSPS) is 21.9. The molecular formula is C23H30N4O. The molecule has 0 bridgehead atoms. The van der Waals surface area contributed by atoms with Gasteiger partial charge in [0.2, 0.25) is 5.91 Å². The summed E-state index contributed by atoms with van der Waals surface area (Å²) < 4.78 is 0. The number of nitrogens with one attached hydrogen (secondary N) is 1. The average molecular weight is 379 g/mol. The molecule has 5 heteroatoms. The van der Waals surface area contributed by atoms with Crippen LogP contribution in [0.15, 0.2) is 48.9 Å². The smallest absolute Gasteiger partial charge is 0.224 e. The van der Waals surface area contributed by atoms with E-state index in [-0.39, 0.29) is 17.2 Å². The van der Waals surface area contributed by atoms with E-state index in [2.05, 4.69) is 50.5 Å². The highest BCUT2D eigenvalue weighted by molar-refractivity contribution is 5.79. The second-order valence-corrected chi connectivity index (χ2v) is 8.27. The molecule has 28 heavy (non-hydrogen) atoms. The van der Waals surface area contributed by atoms with Crippen molar-refractivity contribution in [1.29, 1.82) is 0 Å². The Morgan fingerprint density at radius 2 is 1.93 bits per heavy atom. The van der Waals surface area contributed by atoms with Crippen LogP contribution < -0.4 is 10.2 Å². The van der Waals surface area contributed by atoms with Crippen LogP contribution in [-0.2, 0) is 10.2 Å². The number of carbonyl (C=O) groups excluding carboxylic acids is 1. The van der Waals surface area contributed by atoms with E-state index >= 15 is 0 Å². The van der Waals surface area contributed by atoms with Crippen molar-refractivity contribution in [1.82, 2.24) is 15.3 Å². The summed E-state index contributed by atoms with van der Waals surface area (Å²) in [5.74, 6) is 1.08. The average Bonchev–Trinajstić information content (AvgIpc) is 2.79. The fourth-order valence-corrected chi connectivity index (χ4v) is 4.84. The van der Waals surface area contributed by atoms with Crippen LogP contribution in [0.25, 0.3) is 0 Å². The van der Waals surface area contributed by atoms with E-state index in [0.29, 0.717) is 0 Å². The number of carbonyl (C=O) groups is 1. The molecule has 1 atom stereocenters. The summed E-state index contributed by atoms with van der Waals surface area (Å²) in [4.78, 5) is 23.8. The molecule has 5 nitrogen and oxygen atoms in total. The standard InChI is InChI=1S/C23H30N4O/c28-22(19-8-7-15-27(17-19)21-16-24-13-14-25-21)26-18-23(11-5-2-6-12-23)20-9-3-1-4-10-20/h1,3-4,9-10,13-14,16,19H,2,5-8,11-12,15,17-18H2,(H,26,28). The summed E-state index contributed by atoms with van der Waals surface area (Å²) in [6.07, 6.45) is 13.3. The van der Waals surface area contributed by atoms with Gasteiger partial charge in [0, 0.05) is 37.4 Å². The number of benzene rings is 1. The Labute approximate surface area is 167 Å². The van der Waals surface area contributed by atoms with Gasteiger partial charge in [0.15, 0.2) is 0 Å². The van der Waals surface area contributed by atoms with Crippen molar-refractivity contribution in [3.63, 3.8) is 0 Å². The fraction of sp³-hybridized carbons (Fsp3) is 0.522. The second-order valence-electron chi connectivity index (χ2n) is 8.27. The lowest BCUT2D eigenvalue weighted by atomic mass is 9.69. The van der Waals surface area contributed by atoms with Crippen molar-refractivity contribution in [3.05, 3.63) is 54.5 Å². The Balaban J connectivity index is 1.41. The van der Waals surface area contributed by atoms with E-state index in [0.717, 1.165) is 51.1 Å². The lowest BCUT2D eigenvalue weighted by Gasteiger charge is -2.39. The number of piperidine rings is 1. The molecule has 1 aliphatic carbocycles. The zero-order chi connectivity index (χ0) is 19.2. The van der Waals surface area contributed by atoms with Gasteiger partial charge in [-0.1, -0.05) is 49.6 Å². The lowest BCUT2D eigenvalue weighted by Crippen LogP contribution is -2.47. The van der Waals surface area contributed by atoms with Gasteiger partial charge in [-0.25, -0.2) is 4.98 Å². The molecule has 148 valence electrons. The molecule has 1 aliphatic heterocycles. The SMILES string of the molecule is O=C(NCC1(c2ccccc2)CCCCC1)C1CCCN(c2cnccn2)C1. The van der Waals surface area contributed by atoms with Crippen LogP contribution in [0.4, 0.5) is 5.82 Å². The first kappa shape index (κ1) is 18.9. The summed E-state index contributed by atoms with van der Waals surface area (Å²) in [7, 11) is 0. The van der Waals surface area contributed by atoms with Crippen molar-refractivity contribution in [2.24, 2.45) is 5.92 Å². The summed E-state index contributed by atoms with van der Waals surface area (Å²) in [5.41, 5.74) is 1.47. The third-order valence-corrected chi connectivity index (χ3v) is 6.46. The van der Waals surface area contributed by atoms with E-state index in [1.807, 2.05) is 0 Å². The van der Waals surface area contributed by atoms with E-state index in [1.54, 1.807) is 18.6 Å². The molecule has 2 heterocycles. The molecule has 2 aliphatic rings. The van der Waals surface area contributed by atoms with Crippen LogP contribution in [0.1, 0.15) is 50.5 Å². The fourth-order valence-electron chi connectivity index (χ4n) is 4.84. The van der Waals surface area contributed by atoms with Crippen molar-refractivity contribution in [3.8, 4) is 0 Å². The highest BCUT2D eigenvalue weighted by atomic mass is 16.1. The summed E-state index contributed by atoms with van der Waals surface area (Å²) >= 11 is 0. The van der Waals surface area contributed by atoms with E-state index in [9.17, 15) is 4.79 Å². The molecule has 2 aromatic rings. The van der Waals surface area contributed by atoms with Gasteiger partial charge in [0.05, 0.1) is 12.1 Å². The molecule has 1 amide bonds. The van der Waals surface area contributed by atoms with Crippen LogP contribution in [0, 0.1) is 5.92 Å². The Hall–Kier alpha value is -2.43. The predicted octanol–water partition coefficient (Wildman–Crippen LogP) is 3.71. The van der Waals surface area contributed by atoms with Gasteiger partial charge < -0.3 is 10.2 Å². The van der Waals surface area contributed by atoms with Gasteiger partial charge in [0.25, 0.3) is 0 Å². The highest BCUT2D eigenvalue weighted by Crippen LogP contribution is 2.39. The van der Waals surface area contributed by atoms with Gasteiger partial charge in [-0.2, -0.15) is 0 Å². The Morgan fingerprint density at radius 1 is 1.11 bits per heavy atom. The molecule has 0 radical (unpaired) electrons. The van der Waals surface area contributed by atoms with Gasteiger partial charge in [-0.3, -0.25) is 9.78 Å². The first-order valence-corrected chi connectivity index (χ1v) is 10.6. The molecule has 0 spiro atoms. The van der Waals surface area contributed by atoms with Crippen LogP contribution in [0.3, 0.4) is 0 Å². The quantitative estimate of drug-likeness (QED) is 0.862.